The van der Waals surface area contributed by atoms with E-state index in [1.54, 1.807) is 6.07 Å². The van der Waals surface area contributed by atoms with Crippen molar-refractivity contribution in [2.24, 2.45) is 11.8 Å². The van der Waals surface area contributed by atoms with Crippen LogP contribution in [0.3, 0.4) is 0 Å². The van der Waals surface area contributed by atoms with Gasteiger partial charge in [-0.05, 0) is 43.4 Å². The Kier molecular flexibility index (Phi) is 7.26. The van der Waals surface area contributed by atoms with Crippen molar-refractivity contribution in [1.82, 2.24) is 15.5 Å². The summed E-state index contributed by atoms with van der Waals surface area (Å²) < 4.78 is 5.25. The van der Waals surface area contributed by atoms with Crippen LogP contribution in [0.2, 0.25) is 0 Å². The van der Waals surface area contributed by atoms with Crippen molar-refractivity contribution in [1.29, 1.82) is 0 Å². The lowest BCUT2D eigenvalue weighted by atomic mass is 9.88. The van der Waals surface area contributed by atoms with Gasteiger partial charge in [0.2, 0.25) is 5.91 Å². The van der Waals surface area contributed by atoms with Gasteiger partial charge >= 0.3 is 0 Å². The molecule has 174 valence electrons. The predicted octanol–water partition coefficient (Wildman–Crippen LogP) is 2.11. The second kappa shape index (κ2) is 10.1. The molecular weight excluding hydrogens is 406 g/mol. The number of Topliss-reactive ketones (excluding diaryl/α,β-unsaturated/α-hetero) is 1. The molecule has 0 aromatic heterocycles. The van der Waals surface area contributed by atoms with Crippen LogP contribution in [0.4, 0.5) is 0 Å². The highest BCUT2D eigenvalue weighted by Crippen LogP contribution is 2.28. The molecule has 2 atom stereocenters. The zero-order valence-electron chi connectivity index (χ0n) is 19.1. The zero-order valence-corrected chi connectivity index (χ0v) is 19.1. The second-order valence-electron chi connectivity index (χ2n) is 9.77. The molecule has 7 heteroatoms. The van der Waals surface area contributed by atoms with E-state index in [-0.39, 0.29) is 35.4 Å². The van der Waals surface area contributed by atoms with Crippen molar-refractivity contribution in [2.45, 2.75) is 57.5 Å². The van der Waals surface area contributed by atoms with Crippen LogP contribution in [0.1, 0.15) is 61.4 Å². The highest BCUT2D eigenvalue weighted by atomic mass is 16.5. The summed E-state index contributed by atoms with van der Waals surface area (Å²) in [6.45, 7) is 6.62. The molecule has 1 aliphatic carbocycles. The number of ether oxygens (including phenoxy) is 1. The molecule has 2 saturated heterocycles. The van der Waals surface area contributed by atoms with Gasteiger partial charge in [-0.1, -0.05) is 26.0 Å². The fraction of sp³-hybridized carbons (Fsp3) is 0.640. The Balaban J connectivity index is 1.40. The Labute approximate surface area is 190 Å². The van der Waals surface area contributed by atoms with Crippen molar-refractivity contribution in [3.63, 3.8) is 0 Å². The summed E-state index contributed by atoms with van der Waals surface area (Å²) in [7, 11) is 0. The van der Waals surface area contributed by atoms with E-state index in [2.05, 4.69) is 10.6 Å². The van der Waals surface area contributed by atoms with Crippen molar-refractivity contribution in [3.8, 4) is 0 Å². The maximum atomic E-state index is 13.0. The molecule has 3 fully saturated rings. The minimum Gasteiger partial charge on any atom is -0.380 e. The molecule has 1 saturated carbocycles. The number of carbonyl (C=O) groups excluding carboxylic acids is 3. The minimum atomic E-state index is -0.512. The van der Waals surface area contributed by atoms with Gasteiger partial charge in [0.15, 0.2) is 5.78 Å². The molecule has 0 spiro atoms. The fourth-order valence-electron chi connectivity index (χ4n) is 4.49. The number of benzene rings is 1. The smallest absolute Gasteiger partial charge is 0.251 e. The van der Waals surface area contributed by atoms with E-state index in [1.165, 1.54) is 12.8 Å². The van der Waals surface area contributed by atoms with Crippen molar-refractivity contribution >= 4 is 17.6 Å². The Morgan fingerprint density at radius 2 is 1.94 bits per heavy atom. The lowest BCUT2D eigenvalue weighted by Crippen LogP contribution is -2.53. The van der Waals surface area contributed by atoms with E-state index in [0.717, 1.165) is 24.9 Å². The third-order valence-corrected chi connectivity index (χ3v) is 6.81. The van der Waals surface area contributed by atoms with Gasteiger partial charge in [-0.3, -0.25) is 14.4 Å². The maximum absolute atomic E-state index is 13.0. The number of hydrogen-bond acceptors (Lipinski definition) is 5. The van der Waals surface area contributed by atoms with E-state index in [4.69, 9.17) is 4.74 Å². The normalized spacial score (nSPS) is 22.3. The maximum Gasteiger partial charge on any atom is 0.251 e. The minimum absolute atomic E-state index is 0.0409. The summed E-state index contributed by atoms with van der Waals surface area (Å²) in [4.78, 5) is 40.2. The van der Waals surface area contributed by atoms with Gasteiger partial charge in [-0.25, -0.2) is 0 Å². The number of amides is 2. The first kappa shape index (κ1) is 22.9. The first-order valence-corrected chi connectivity index (χ1v) is 12.0. The predicted molar refractivity (Wildman–Crippen MR) is 121 cm³/mol. The summed E-state index contributed by atoms with van der Waals surface area (Å²) in [5, 5.41) is 6.27. The molecule has 0 bridgehead atoms. The quantitative estimate of drug-likeness (QED) is 0.613. The van der Waals surface area contributed by atoms with Crippen LogP contribution in [-0.2, 0) is 14.3 Å². The van der Waals surface area contributed by atoms with E-state index >= 15 is 0 Å². The molecule has 32 heavy (non-hydrogen) atoms. The first-order chi connectivity index (χ1) is 15.4. The molecule has 1 aromatic rings. The number of nitrogens with zero attached hydrogens (tertiary/aromatic N) is 1. The first-order valence-electron chi connectivity index (χ1n) is 12.0. The molecule has 2 amide bonds. The fourth-order valence-corrected chi connectivity index (χ4v) is 4.49. The third kappa shape index (κ3) is 5.56. The Morgan fingerprint density at radius 1 is 1.16 bits per heavy atom. The number of carbonyl (C=O) groups is 3. The summed E-state index contributed by atoms with van der Waals surface area (Å²) in [6.07, 6.45) is 4.30. The number of hydrogen-bond donors (Lipinski definition) is 2. The topological polar surface area (TPSA) is 87.7 Å². The van der Waals surface area contributed by atoms with E-state index in [0.29, 0.717) is 37.9 Å². The molecular formula is C25H35N3O4. The van der Waals surface area contributed by atoms with E-state index < -0.39 is 6.04 Å². The number of rotatable bonds is 9. The van der Waals surface area contributed by atoms with E-state index in [1.807, 2.05) is 36.9 Å². The van der Waals surface area contributed by atoms with Crippen LogP contribution in [0.5, 0.6) is 0 Å². The van der Waals surface area contributed by atoms with Crippen LogP contribution in [0, 0.1) is 11.8 Å². The van der Waals surface area contributed by atoms with Gasteiger partial charge in [-0.15, -0.1) is 0 Å². The van der Waals surface area contributed by atoms with Gasteiger partial charge in [0.25, 0.3) is 5.91 Å². The van der Waals surface area contributed by atoms with Crippen molar-refractivity contribution in [3.05, 3.63) is 35.4 Å². The lowest BCUT2D eigenvalue weighted by molar-refractivity contribution is -0.132. The molecule has 4 rings (SSSR count). The molecule has 7 nitrogen and oxygen atoms in total. The third-order valence-electron chi connectivity index (χ3n) is 6.81. The Bertz CT molecular complexity index is 847. The largest absolute Gasteiger partial charge is 0.380 e. The van der Waals surface area contributed by atoms with Crippen LogP contribution in [0.15, 0.2) is 24.3 Å². The van der Waals surface area contributed by atoms with Gasteiger partial charge in [0.05, 0.1) is 25.8 Å². The van der Waals surface area contributed by atoms with Crippen molar-refractivity contribution in [2.75, 3.05) is 32.8 Å². The average Bonchev–Trinajstić information content (AvgIpc) is 3.60. The van der Waals surface area contributed by atoms with Gasteiger partial charge in [-0.2, -0.15) is 0 Å². The standard InChI is InChI=1S/C25H35N3O4/c1-16(2)24(30)23(20-14-32-15-20)27-25(31)18-6-3-5-17(11-18)19-7-4-10-28(13-19)22(29)12-26-21-8-9-21/h3,5-6,11,16,19-21,23,26H,4,7-10,12-15H2,1-2H3,(H,27,31)/t19?,23-/m1/s1. The molecule has 2 aliphatic heterocycles. The molecule has 1 aromatic carbocycles. The Hall–Kier alpha value is -2.25. The summed E-state index contributed by atoms with van der Waals surface area (Å²) in [5.41, 5.74) is 1.63. The summed E-state index contributed by atoms with van der Waals surface area (Å²) in [6, 6.07) is 7.65. The van der Waals surface area contributed by atoms with Crippen molar-refractivity contribution < 1.29 is 19.1 Å². The van der Waals surface area contributed by atoms with Crippen LogP contribution >= 0.6 is 0 Å². The highest BCUT2D eigenvalue weighted by Gasteiger charge is 2.36. The molecule has 0 radical (unpaired) electrons. The number of nitrogens with one attached hydrogen (secondary N) is 2. The van der Waals surface area contributed by atoms with Crippen LogP contribution in [0.25, 0.3) is 0 Å². The van der Waals surface area contributed by atoms with Gasteiger partial charge < -0.3 is 20.3 Å². The Morgan fingerprint density at radius 3 is 2.59 bits per heavy atom. The lowest BCUT2D eigenvalue weighted by Gasteiger charge is -2.34. The molecule has 2 heterocycles. The van der Waals surface area contributed by atoms with Gasteiger partial charge in [0.1, 0.15) is 0 Å². The molecule has 3 aliphatic rings. The zero-order chi connectivity index (χ0) is 22.7. The van der Waals surface area contributed by atoms with Gasteiger partial charge in [0, 0.05) is 42.4 Å². The number of piperidine rings is 1. The second-order valence-corrected chi connectivity index (χ2v) is 9.77. The van der Waals surface area contributed by atoms with E-state index in [9.17, 15) is 14.4 Å². The van der Waals surface area contributed by atoms with Crippen LogP contribution < -0.4 is 10.6 Å². The number of ketones is 1. The summed E-state index contributed by atoms with van der Waals surface area (Å²) in [5.74, 6) is 0.0912. The summed E-state index contributed by atoms with van der Waals surface area (Å²) >= 11 is 0. The number of likely N-dealkylation sites (tertiary alicyclic amines) is 1. The SMILES string of the molecule is CC(C)C(=O)[C@H](NC(=O)c1cccc(C2CCCN(C(=O)CNC3CC3)C2)c1)C1COC1. The average molecular weight is 442 g/mol. The molecule has 1 unspecified atom stereocenters. The monoisotopic (exact) mass is 441 g/mol. The molecule has 2 N–H and O–H groups in total. The highest BCUT2D eigenvalue weighted by molar-refractivity contribution is 5.98. The van der Waals surface area contributed by atoms with Crippen LogP contribution in [-0.4, -0.2) is 67.4 Å².